The molecule has 2 rings (SSSR count). The first-order valence-electron chi connectivity index (χ1n) is 6.41. The van der Waals surface area contributed by atoms with Gasteiger partial charge >= 0.3 is 0 Å². The quantitative estimate of drug-likeness (QED) is 0.855. The van der Waals surface area contributed by atoms with Gasteiger partial charge in [-0.1, -0.05) is 24.0 Å². The smallest absolute Gasteiger partial charge is 0.274 e. The molecule has 0 fully saturated rings. The van der Waals surface area contributed by atoms with Crippen molar-refractivity contribution in [2.75, 3.05) is 13.7 Å². The van der Waals surface area contributed by atoms with E-state index in [0.29, 0.717) is 12.2 Å². The molecule has 1 aromatic carbocycles. The third kappa shape index (κ3) is 4.13. The van der Waals surface area contributed by atoms with Crippen molar-refractivity contribution in [2.24, 2.45) is 0 Å². The van der Waals surface area contributed by atoms with Crippen molar-refractivity contribution in [2.45, 2.75) is 6.54 Å². The average molecular weight is 281 g/mol. The summed E-state index contributed by atoms with van der Waals surface area (Å²) >= 11 is 0. The molecule has 0 radical (unpaired) electrons. The monoisotopic (exact) mass is 281 g/mol. The number of aliphatic hydroxyl groups is 1. The highest BCUT2D eigenvalue weighted by atomic mass is 16.2. The standard InChI is InChI=1S/C16H15N3O2/c1-19(16(21)15-11-17-7-8-18-15)12-14-5-2-4-13(10-14)6-3-9-20/h2,4-5,7-8,10-11,20H,9,12H2,1H3. The second kappa shape index (κ2) is 7.17. The van der Waals surface area contributed by atoms with Crippen LogP contribution in [0.1, 0.15) is 21.6 Å². The van der Waals surface area contributed by atoms with E-state index in [2.05, 4.69) is 21.8 Å². The summed E-state index contributed by atoms with van der Waals surface area (Å²) in [6.07, 6.45) is 4.47. The SMILES string of the molecule is CN(Cc1cccc(C#CCO)c1)C(=O)c1cnccn1. The lowest BCUT2D eigenvalue weighted by Crippen LogP contribution is -2.27. The van der Waals surface area contributed by atoms with Crippen molar-refractivity contribution in [3.05, 3.63) is 59.7 Å². The lowest BCUT2D eigenvalue weighted by atomic mass is 10.1. The first kappa shape index (κ1) is 14.7. The highest BCUT2D eigenvalue weighted by Gasteiger charge is 2.13. The van der Waals surface area contributed by atoms with E-state index in [4.69, 9.17) is 5.11 Å². The van der Waals surface area contributed by atoms with Crippen LogP contribution in [-0.4, -0.2) is 39.5 Å². The molecule has 1 amide bonds. The Bertz CT molecular complexity index is 675. The molecular formula is C16H15N3O2. The number of carbonyl (C=O) groups is 1. The molecule has 0 atom stereocenters. The Morgan fingerprint density at radius 3 is 2.95 bits per heavy atom. The summed E-state index contributed by atoms with van der Waals surface area (Å²) in [5.41, 5.74) is 2.08. The van der Waals surface area contributed by atoms with Gasteiger partial charge in [0.05, 0.1) is 6.20 Å². The van der Waals surface area contributed by atoms with E-state index in [1.807, 2.05) is 24.3 Å². The largest absolute Gasteiger partial charge is 0.384 e. The molecule has 0 spiro atoms. The van der Waals surface area contributed by atoms with Gasteiger partial charge in [-0.15, -0.1) is 0 Å². The fraction of sp³-hybridized carbons (Fsp3) is 0.188. The molecule has 1 N–H and O–H groups in total. The number of carbonyl (C=O) groups excluding carboxylic acids is 1. The molecule has 5 heteroatoms. The molecule has 0 saturated carbocycles. The topological polar surface area (TPSA) is 66.3 Å². The van der Waals surface area contributed by atoms with Crippen LogP contribution in [0.15, 0.2) is 42.9 Å². The minimum absolute atomic E-state index is 0.171. The summed E-state index contributed by atoms with van der Waals surface area (Å²) in [7, 11) is 1.71. The Morgan fingerprint density at radius 2 is 2.24 bits per heavy atom. The zero-order valence-corrected chi connectivity index (χ0v) is 11.7. The van der Waals surface area contributed by atoms with Gasteiger partial charge in [-0.3, -0.25) is 9.78 Å². The van der Waals surface area contributed by atoms with Crippen LogP contribution in [0.3, 0.4) is 0 Å². The predicted molar refractivity (Wildman–Crippen MR) is 78.2 cm³/mol. The van der Waals surface area contributed by atoms with Gasteiger partial charge in [-0.25, -0.2) is 4.98 Å². The van der Waals surface area contributed by atoms with E-state index in [1.165, 1.54) is 18.6 Å². The predicted octanol–water partition coefficient (Wildman–Crippen LogP) is 1.09. The van der Waals surface area contributed by atoms with Gasteiger partial charge in [0, 0.05) is 31.5 Å². The van der Waals surface area contributed by atoms with Crippen molar-refractivity contribution < 1.29 is 9.90 Å². The summed E-state index contributed by atoms with van der Waals surface area (Å²) in [6.45, 7) is 0.277. The maximum atomic E-state index is 12.2. The second-order valence-electron chi connectivity index (χ2n) is 4.41. The van der Waals surface area contributed by atoms with Crippen LogP contribution in [0.25, 0.3) is 0 Å². The van der Waals surface area contributed by atoms with Crippen LogP contribution in [0.2, 0.25) is 0 Å². The summed E-state index contributed by atoms with van der Waals surface area (Å²) in [4.78, 5) is 21.6. The van der Waals surface area contributed by atoms with Crippen LogP contribution >= 0.6 is 0 Å². The lowest BCUT2D eigenvalue weighted by Gasteiger charge is -2.16. The van der Waals surface area contributed by atoms with Gasteiger partial charge in [-0.2, -0.15) is 0 Å². The minimum Gasteiger partial charge on any atom is -0.384 e. The Kier molecular flexibility index (Phi) is 5.02. The molecule has 5 nitrogen and oxygen atoms in total. The van der Waals surface area contributed by atoms with Gasteiger partial charge in [-0.05, 0) is 17.7 Å². The first-order valence-corrected chi connectivity index (χ1v) is 6.41. The highest BCUT2D eigenvalue weighted by Crippen LogP contribution is 2.08. The van der Waals surface area contributed by atoms with Crippen LogP contribution < -0.4 is 0 Å². The molecule has 21 heavy (non-hydrogen) atoms. The van der Waals surface area contributed by atoms with E-state index >= 15 is 0 Å². The van der Waals surface area contributed by atoms with Crippen molar-refractivity contribution in [1.29, 1.82) is 0 Å². The number of nitrogens with zero attached hydrogens (tertiary/aromatic N) is 3. The van der Waals surface area contributed by atoms with Crippen LogP contribution in [0.5, 0.6) is 0 Å². The molecule has 0 aliphatic carbocycles. The molecule has 0 saturated heterocycles. The Balaban J connectivity index is 2.09. The number of benzene rings is 1. The number of rotatable bonds is 3. The van der Waals surface area contributed by atoms with E-state index in [0.717, 1.165) is 11.1 Å². The maximum Gasteiger partial charge on any atom is 0.274 e. The molecular weight excluding hydrogens is 266 g/mol. The molecule has 1 heterocycles. The minimum atomic E-state index is -0.185. The summed E-state index contributed by atoms with van der Waals surface area (Å²) < 4.78 is 0. The van der Waals surface area contributed by atoms with Gasteiger partial charge in [0.1, 0.15) is 12.3 Å². The van der Waals surface area contributed by atoms with E-state index < -0.39 is 0 Å². The van der Waals surface area contributed by atoms with Crippen LogP contribution in [-0.2, 0) is 6.54 Å². The number of hydrogen-bond acceptors (Lipinski definition) is 4. The van der Waals surface area contributed by atoms with Crippen molar-refractivity contribution in [3.8, 4) is 11.8 Å². The summed E-state index contributed by atoms with van der Waals surface area (Å²) in [5.74, 6) is 5.26. The fourth-order valence-electron chi connectivity index (χ4n) is 1.84. The highest BCUT2D eigenvalue weighted by molar-refractivity contribution is 5.91. The Labute approximate surface area is 123 Å². The number of aromatic nitrogens is 2. The maximum absolute atomic E-state index is 12.2. The van der Waals surface area contributed by atoms with Gasteiger partial charge < -0.3 is 10.0 Å². The summed E-state index contributed by atoms with van der Waals surface area (Å²) in [6, 6.07) is 7.54. The second-order valence-corrected chi connectivity index (χ2v) is 4.41. The Morgan fingerprint density at radius 1 is 1.38 bits per heavy atom. The third-order valence-corrected chi connectivity index (χ3v) is 2.79. The average Bonchev–Trinajstić information content (AvgIpc) is 2.53. The van der Waals surface area contributed by atoms with Crippen LogP contribution in [0.4, 0.5) is 0 Å². The van der Waals surface area contributed by atoms with Crippen LogP contribution in [0, 0.1) is 11.8 Å². The van der Waals surface area contributed by atoms with Crippen molar-refractivity contribution in [1.82, 2.24) is 14.9 Å². The summed E-state index contributed by atoms with van der Waals surface area (Å²) in [5, 5.41) is 8.70. The lowest BCUT2D eigenvalue weighted by molar-refractivity contribution is 0.0779. The van der Waals surface area contributed by atoms with Gasteiger partial charge in [0.2, 0.25) is 0 Å². The van der Waals surface area contributed by atoms with Gasteiger partial charge in [0.25, 0.3) is 5.91 Å². The first-order chi connectivity index (χ1) is 10.2. The molecule has 106 valence electrons. The molecule has 0 aliphatic rings. The van der Waals surface area contributed by atoms with E-state index in [-0.39, 0.29) is 12.5 Å². The molecule has 0 unspecified atom stereocenters. The third-order valence-electron chi connectivity index (χ3n) is 2.79. The fourth-order valence-corrected chi connectivity index (χ4v) is 1.84. The zero-order chi connectivity index (χ0) is 15.1. The normalized spacial score (nSPS) is 9.62. The number of hydrogen-bond donors (Lipinski definition) is 1. The molecule has 0 bridgehead atoms. The molecule has 2 aromatic rings. The molecule has 0 aliphatic heterocycles. The number of amides is 1. The zero-order valence-electron chi connectivity index (χ0n) is 11.7. The molecule has 1 aromatic heterocycles. The Hall–Kier alpha value is -2.71. The van der Waals surface area contributed by atoms with Crippen molar-refractivity contribution in [3.63, 3.8) is 0 Å². The van der Waals surface area contributed by atoms with E-state index in [1.54, 1.807) is 11.9 Å². The number of aliphatic hydroxyl groups excluding tert-OH is 1. The van der Waals surface area contributed by atoms with Gasteiger partial charge in [0.15, 0.2) is 0 Å². The van der Waals surface area contributed by atoms with E-state index in [9.17, 15) is 4.79 Å². The van der Waals surface area contributed by atoms with Crippen molar-refractivity contribution >= 4 is 5.91 Å².